The highest BCUT2D eigenvalue weighted by Crippen LogP contribution is 2.23. The number of hydrogen-bond donors (Lipinski definition) is 0. The van der Waals surface area contributed by atoms with E-state index in [0.717, 1.165) is 12.8 Å². The lowest BCUT2D eigenvalue weighted by Crippen LogP contribution is -2.40. The first kappa shape index (κ1) is 11.6. The number of carbonyl (C=O) groups is 1. The molecule has 2 nitrogen and oxygen atoms in total. The summed E-state index contributed by atoms with van der Waals surface area (Å²) in [4.78, 5) is 13.3. The lowest BCUT2D eigenvalue weighted by Gasteiger charge is -2.33. The molecule has 0 aliphatic heterocycles. The monoisotopic (exact) mass is 215 g/mol. The standard InChI is InChI=1S/C11H18ClNO/c1-9(12)8-13(10(2)14)11-6-4-3-5-7-11/h11H,1,3-8H2,2H3. The fraction of sp³-hybridized carbons (Fsp3) is 0.727. The van der Waals surface area contributed by atoms with Crippen LogP contribution < -0.4 is 0 Å². The molecule has 0 aromatic carbocycles. The Hall–Kier alpha value is -0.500. The van der Waals surface area contributed by atoms with Crippen molar-refractivity contribution in [1.29, 1.82) is 0 Å². The van der Waals surface area contributed by atoms with Gasteiger partial charge >= 0.3 is 0 Å². The maximum Gasteiger partial charge on any atom is 0.220 e. The molecule has 1 amide bonds. The van der Waals surface area contributed by atoms with Gasteiger partial charge in [-0.05, 0) is 12.8 Å². The average Bonchev–Trinajstić information content (AvgIpc) is 2.15. The van der Waals surface area contributed by atoms with Crippen LogP contribution in [0, 0.1) is 0 Å². The highest BCUT2D eigenvalue weighted by molar-refractivity contribution is 6.29. The second-order valence-corrected chi connectivity index (χ2v) is 4.49. The summed E-state index contributed by atoms with van der Waals surface area (Å²) >= 11 is 5.75. The van der Waals surface area contributed by atoms with E-state index in [4.69, 9.17) is 11.6 Å². The molecule has 3 heteroatoms. The van der Waals surface area contributed by atoms with Crippen LogP contribution in [-0.2, 0) is 4.79 Å². The van der Waals surface area contributed by atoms with E-state index in [9.17, 15) is 4.79 Å². The van der Waals surface area contributed by atoms with Crippen molar-refractivity contribution in [2.24, 2.45) is 0 Å². The van der Waals surface area contributed by atoms with Crippen LogP contribution in [-0.4, -0.2) is 23.4 Å². The maximum absolute atomic E-state index is 11.4. The second-order valence-electron chi connectivity index (χ2n) is 3.96. The van der Waals surface area contributed by atoms with E-state index >= 15 is 0 Å². The van der Waals surface area contributed by atoms with Gasteiger partial charge in [-0.3, -0.25) is 4.79 Å². The van der Waals surface area contributed by atoms with Crippen LogP contribution in [0.25, 0.3) is 0 Å². The molecule has 0 heterocycles. The Labute approximate surface area is 90.9 Å². The fourth-order valence-electron chi connectivity index (χ4n) is 2.08. The van der Waals surface area contributed by atoms with Crippen LogP contribution in [0.4, 0.5) is 0 Å². The Morgan fingerprint density at radius 3 is 2.43 bits per heavy atom. The minimum atomic E-state index is 0.110. The molecule has 1 aliphatic rings. The van der Waals surface area contributed by atoms with Crippen molar-refractivity contribution in [3.63, 3.8) is 0 Å². The Kier molecular flexibility index (Phi) is 4.46. The van der Waals surface area contributed by atoms with Crippen molar-refractivity contribution in [2.45, 2.75) is 45.1 Å². The Morgan fingerprint density at radius 2 is 2.00 bits per heavy atom. The highest BCUT2D eigenvalue weighted by Gasteiger charge is 2.22. The van der Waals surface area contributed by atoms with E-state index in [0.29, 0.717) is 17.6 Å². The summed E-state index contributed by atoms with van der Waals surface area (Å²) in [5.41, 5.74) is 0. The van der Waals surface area contributed by atoms with Gasteiger partial charge in [0.15, 0.2) is 0 Å². The van der Waals surface area contributed by atoms with E-state index in [2.05, 4.69) is 6.58 Å². The smallest absolute Gasteiger partial charge is 0.220 e. The Bertz CT molecular complexity index is 221. The zero-order chi connectivity index (χ0) is 10.6. The first-order chi connectivity index (χ1) is 6.61. The number of carbonyl (C=O) groups excluding carboxylic acids is 1. The van der Waals surface area contributed by atoms with Gasteiger partial charge in [-0.15, -0.1) is 0 Å². The predicted molar refractivity (Wildman–Crippen MR) is 59.3 cm³/mol. The summed E-state index contributed by atoms with van der Waals surface area (Å²) < 4.78 is 0. The van der Waals surface area contributed by atoms with Crippen molar-refractivity contribution in [3.8, 4) is 0 Å². The molecule has 1 aliphatic carbocycles. The quantitative estimate of drug-likeness (QED) is 0.709. The third-order valence-corrected chi connectivity index (χ3v) is 2.88. The topological polar surface area (TPSA) is 20.3 Å². The van der Waals surface area contributed by atoms with E-state index in [1.165, 1.54) is 19.3 Å². The lowest BCUT2D eigenvalue weighted by atomic mass is 9.94. The highest BCUT2D eigenvalue weighted by atomic mass is 35.5. The maximum atomic E-state index is 11.4. The molecule has 0 N–H and O–H groups in total. The minimum absolute atomic E-state index is 0.110. The van der Waals surface area contributed by atoms with Gasteiger partial charge in [-0.2, -0.15) is 0 Å². The molecular weight excluding hydrogens is 198 g/mol. The molecule has 1 fully saturated rings. The summed E-state index contributed by atoms with van der Waals surface area (Å²) in [5, 5.41) is 0.547. The minimum Gasteiger partial charge on any atom is -0.335 e. The second kappa shape index (κ2) is 5.40. The van der Waals surface area contributed by atoms with Gasteiger partial charge in [-0.1, -0.05) is 37.4 Å². The number of halogens is 1. The van der Waals surface area contributed by atoms with Crippen LogP contribution in [0.2, 0.25) is 0 Å². The van der Waals surface area contributed by atoms with Crippen molar-refractivity contribution < 1.29 is 4.79 Å². The average molecular weight is 216 g/mol. The zero-order valence-electron chi connectivity index (χ0n) is 8.76. The van der Waals surface area contributed by atoms with E-state index in [1.807, 2.05) is 4.90 Å². The zero-order valence-corrected chi connectivity index (χ0v) is 9.52. The molecule has 0 aromatic heterocycles. The Balaban J connectivity index is 2.56. The van der Waals surface area contributed by atoms with Crippen molar-refractivity contribution >= 4 is 17.5 Å². The molecule has 1 rings (SSSR count). The molecule has 0 spiro atoms. The van der Waals surface area contributed by atoms with E-state index < -0.39 is 0 Å². The van der Waals surface area contributed by atoms with Crippen LogP contribution in [0.1, 0.15) is 39.0 Å². The van der Waals surface area contributed by atoms with Crippen LogP contribution in [0.3, 0.4) is 0 Å². The van der Waals surface area contributed by atoms with Crippen molar-refractivity contribution in [3.05, 3.63) is 11.6 Å². The van der Waals surface area contributed by atoms with E-state index in [1.54, 1.807) is 6.92 Å². The summed E-state index contributed by atoms with van der Waals surface area (Å²) in [6.45, 7) is 5.75. The molecule has 80 valence electrons. The van der Waals surface area contributed by atoms with Crippen LogP contribution in [0.5, 0.6) is 0 Å². The summed E-state index contributed by atoms with van der Waals surface area (Å²) in [7, 11) is 0. The molecule has 0 bridgehead atoms. The van der Waals surface area contributed by atoms with Crippen molar-refractivity contribution in [2.75, 3.05) is 6.54 Å². The fourth-order valence-corrected chi connectivity index (χ4v) is 2.20. The summed E-state index contributed by atoms with van der Waals surface area (Å²) in [6, 6.07) is 0.386. The van der Waals surface area contributed by atoms with Crippen molar-refractivity contribution in [1.82, 2.24) is 4.90 Å². The number of rotatable bonds is 3. The van der Waals surface area contributed by atoms with Gasteiger partial charge in [0.25, 0.3) is 0 Å². The third-order valence-electron chi connectivity index (χ3n) is 2.76. The first-order valence-electron chi connectivity index (χ1n) is 5.21. The normalized spacial score (nSPS) is 17.9. The summed E-state index contributed by atoms with van der Waals surface area (Å²) in [5.74, 6) is 0.110. The molecular formula is C11H18ClNO. The van der Waals surface area contributed by atoms with Gasteiger partial charge < -0.3 is 4.90 Å². The van der Waals surface area contributed by atoms with Crippen LogP contribution in [0.15, 0.2) is 11.6 Å². The number of amides is 1. The third kappa shape index (κ3) is 3.33. The SMILES string of the molecule is C=C(Cl)CN(C(C)=O)C1CCCCC1. The van der Waals surface area contributed by atoms with Gasteiger partial charge in [-0.25, -0.2) is 0 Å². The molecule has 1 saturated carbocycles. The molecule has 14 heavy (non-hydrogen) atoms. The predicted octanol–water partition coefficient (Wildman–Crippen LogP) is 2.92. The number of nitrogens with zero attached hydrogens (tertiary/aromatic N) is 1. The molecule has 0 saturated heterocycles. The van der Waals surface area contributed by atoms with Gasteiger partial charge in [0.05, 0.1) is 6.54 Å². The van der Waals surface area contributed by atoms with E-state index in [-0.39, 0.29) is 5.91 Å². The molecule has 0 unspecified atom stereocenters. The largest absolute Gasteiger partial charge is 0.335 e. The summed E-state index contributed by atoms with van der Waals surface area (Å²) in [6.07, 6.45) is 5.98. The molecule has 0 atom stereocenters. The van der Waals surface area contributed by atoms with Crippen LogP contribution >= 0.6 is 11.6 Å². The lowest BCUT2D eigenvalue weighted by molar-refractivity contribution is -0.131. The first-order valence-corrected chi connectivity index (χ1v) is 5.59. The van der Waals surface area contributed by atoms with Gasteiger partial charge in [0.2, 0.25) is 5.91 Å². The van der Waals surface area contributed by atoms with Gasteiger partial charge in [0.1, 0.15) is 0 Å². The molecule has 0 radical (unpaired) electrons. The molecule has 0 aromatic rings. The van der Waals surface area contributed by atoms with Gasteiger partial charge in [0, 0.05) is 18.0 Å². The Morgan fingerprint density at radius 1 is 1.43 bits per heavy atom. The number of hydrogen-bond acceptors (Lipinski definition) is 1.